The van der Waals surface area contributed by atoms with Crippen molar-refractivity contribution >= 4 is 5.91 Å². The monoisotopic (exact) mass is 198 g/mol. The average Bonchev–Trinajstić information content (AvgIpc) is 2.13. The highest BCUT2D eigenvalue weighted by atomic mass is 16.3. The van der Waals surface area contributed by atoms with Gasteiger partial charge >= 0.3 is 0 Å². The molecule has 1 amide bonds. The molecule has 4 heteroatoms. The summed E-state index contributed by atoms with van der Waals surface area (Å²) in [6.45, 7) is 3.96. The Kier molecular flexibility index (Phi) is 5.93. The van der Waals surface area contributed by atoms with Crippen LogP contribution in [-0.2, 0) is 4.79 Å². The highest BCUT2D eigenvalue weighted by Gasteiger charge is 2.14. The molecule has 80 valence electrons. The fraction of sp³-hybridized carbons (Fsp3) is 0.700. The maximum Gasteiger partial charge on any atom is 0.237 e. The molecule has 0 aromatic heterocycles. The molecule has 2 atom stereocenters. The minimum absolute atomic E-state index is 0.110. The lowest BCUT2D eigenvalue weighted by molar-refractivity contribution is -0.122. The standard InChI is InChI=1S/C10H18N2O2/c1-4-5-8(11)10(14)12-6-9(13)7(2)3/h1,7-9,13H,5-6,11H2,2-3H3,(H,12,14). The SMILES string of the molecule is C#CCC(N)C(=O)NCC(O)C(C)C. The molecule has 0 saturated heterocycles. The maximum absolute atomic E-state index is 11.2. The predicted octanol–water partition coefficient (Wildman–Crippen LogP) is -0.530. The van der Waals surface area contributed by atoms with E-state index in [9.17, 15) is 9.90 Å². The quantitative estimate of drug-likeness (QED) is 0.520. The molecule has 0 fully saturated rings. The van der Waals surface area contributed by atoms with E-state index in [1.54, 1.807) is 0 Å². The van der Waals surface area contributed by atoms with Gasteiger partial charge in [0.2, 0.25) is 5.91 Å². The molecule has 0 radical (unpaired) electrons. The van der Waals surface area contributed by atoms with Gasteiger partial charge in [0.05, 0.1) is 12.1 Å². The Hall–Kier alpha value is -1.05. The highest BCUT2D eigenvalue weighted by molar-refractivity contribution is 5.81. The van der Waals surface area contributed by atoms with E-state index in [2.05, 4.69) is 11.2 Å². The Morgan fingerprint density at radius 3 is 2.64 bits per heavy atom. The number of hydrogen-bond acceptors (Lipinski definition) is 3. The molecule has 0 saturated carbocycles. The first kappa shape index (κ1) is 12.9. The average molecular weight is 198 g/mol. The van der Waals surface area contributed by atoms with Crippen LogP contribution >= 0.6 is 0 Å². The summed E-state index contributed by atoms with van der Waals surface area (Å²) in [6, 6.07) is -0.681. The summed E-state index contributed by atoms with van der Waals surface area (Å²) in [5, 5.41) is 11.9. The molecule has 0 spiro atoms. The Bertz CT molecular complexity index is 221. The lowest BCUT2D eigenvalue weighted by atomic mass is 10.1. The first-order chi connectivity index (χ1) is 6.49. The fourth-order valence-corrected chi connectivity index (χ4v) is 0.792. The molecule has 0 aromatic rings. The number of terminal acetylenes is 1. The number of aliphatic hydroxyl groups is 1. The maximum atomic E-state index is 11.2. The molecule has 0 heterocycles. The summed E-state index contributed by atoms with van der Waals surface area (Å²) in [7, 11) is 0. The third-order valence-corrected chi connectivity index (χ3v) is 1.93. The molecule has 0 aliphatic rings. The van der Waals surface area contributed by atoms with Crippen LogP contribution in [0.3, 0.4) is 0 Å². The van der Waals surface area contributed by atoms with Crippen molar-refractivity contribution in [1.29, 1.82) is 0 Å². The Labute approximate surface area is 84.9 Å². The van der Waals surface area contributed by atoms with E-state index in [4.69, 9.17) is 12.2 Å². The van der Waals surface area contributed by atoms with Gasteiger partial charge < -0.3 is 16.2 Å². The second-order valence-electron chi connectivity index (χ2n) is 3.57. The van der Waals surface area contributed by atoms with Gasteiger partial charge in [-0.15, -0.1) is 12.3 Å². The van der Waals surface area contributed by atoms with E-state index in [0.29, 0.717) is 0 Å². The topological polar surface area (TPSA) is 75.4 Å². The second-order valence-corrected chi connectivity index (χ2v) is 3.57. The van der Waals surface area contributed by atoms with Crippen LogP contribution in [0, 0.1) is 18.3 Å². The summed E-state index contributed by atoms with van der Waals surface area (Å²) >= 11 is 0. The van der Waals surface area contributed by atoms with Crippen molar-refractivity contribution in [3.05, 3.63) is 0 Å². The van der Waals surface area contributed by atoms with Crippen molar-refractivity contribution in [3.63, 3.8) is 0 Å². The van der Waals surface area contributed by atoms with Gasteiger partial charge in [0.25, 0.3) is 0 Å². The smallest absolute Gasteiger partial charge is 0.237 e. The van der Waals surface area contributed by atoms with Gasteiger partial charge in [-0.2, -0.15) is 0 Å². The number of nitrogens with one attached hydrogen (secondary N) is 1. The van der Waals surface area contributed by atoms with Crippen molar-refractivity contribution in [2.75, 3.05) is 6.54 Å². The zero-order valence-electron chi connectivity index (χ0n) is 8.66. The number of aliphatic hydroxyl groups excluding tert-OH is 1. The van der Waals surface area contributed by atoms with Crippen molar-refractivity contribution in [2.24, 2.45) is 11.7 Å². The lowest BCUT2D eigenvalue weighted by Gasteiger charge is -2.16. The van der Waals surface area contributed by atoms with Gasteiger partial charge in [-0.3, -0.25) is 4.79 Å². The van der Waals surface area contributed by atoms with E-state index in [0.717, 1.165) is 0 Å². The third kappa shape index (κ3) is 4.85. The zero-order chi connectivity index (χ0) is 11.1. The molecule has 4 N–H and O–H groups in total. The van der Waals surface area contributed by atoms with Crippen LogP contribution in [0.1, 0.15) is 20.3 Å². The molecular weight excluding hydrogens is 180 g/mol. The van der Waals surface area contributed by atoms with Crippen LogP contribution in [0.15, 0.2) is 0 Å². The van der Waals surface area contributed by atoms with E-state index < -0.39 is 12.1 Å². The molecule has 0 aliphatic heterocycles. The van der Waals surface area contributed by atoms with Gasteiger partial charge in [0.1, 0.15) is 0 Å². The van der Waals surface area contributed by atoms with Crippen LogP contribution in [0.25, 0.3) is 0 Å². The van der Waals surface area contributed by atoms with Gasteiger partial charge in [-0.1, -0.05) is 13.8 Å². The number of carbonyl (C=O) groups excluding carboxylic acids is 1. The third-order valence-electron chi connectivity index (χ3n) is 1.93. The van der Waals surface area contributed by atoms with E-state index in [-0.39, 0.29) is 24.8 Å². The Balaban J connectivity index is 3.80. The van der Waals surface area contributed by atoms with Crippen LogP contribution in [0.4, 0.5) is 0 Å². The van der Waals surface area contributed by atoms with E-state index in [1.165, 1.54) is 0 Å². The summed E-state index contributed by atoms with van der Waals surface area (Å²) in [6.07, 6.45) is 4.68. The van der Waals surface area contributed by atoms with Gasteiger partial charge in [0, 0.05) is 13.0 Å². The molecule has 0 aliphatic carbocycles. The molecule has 0 aromatic carbocycles. The number of carbonyl (C=O) groups is 1. The number of amides is 1. The summed E-state index contributed by atoms with van der Waals surface area (Å²) in [4.78, 5) is 11.2. The van der Waals surface area contributed by atoms with Crippen LogP contribution in [-0.4, -0.2) is 29.7 Å². The highest BCUT2D eigenvalue weighted by Crippen LogP contribution is 1.98. The Morgan fingerprint density at radius 2 is 2.21 bits per heavy atom. The van der Waals surface area contributed by atoms with Crippen LogP contribution in [0.5, 0.6) is 0 Å². The lowest BCUT2D eigenvalue weighted by Crippen LogP contribution is -2.44. The second kappa shape index (κ2) is 6.41. The number of rotatable bonds is 5. The van der Waals surface area contributed by atoms with Crippen molar-refractivity contribution < 1.29 is 9.90 Å². The minimum Gasteiger partial charge on any atom is -0.391 e. The minimum atomic E-state index is -0.681. The Morgan fingerprint density at radius 1 is 1.64 bits per heavy atom. The fourth-order valence-electron chi connectivity index (χ4n) is 0.792. The first-order valence-corrected chi connectivity index (χ1v) is 4.63. The molecular formula is C10H18N2O2. The number of hydrogen-bond donors (Lipinski definition) is 3. The van der Waals surface area contributed by atoms with E-state index >= 15 is 0 Å². The molecule has 2 unspecified atom stereocenters. The summed E-state index contributed by atoms with van der Waals surface area (Å²) in [5.41, 5.74) is 5.45. The zero-order valence-corrected chi connectivity index (χ0v) is 8.66. The molecule has 4 nitrogen and oxygen atoms in total. The van der Waals surface area contributed by atoms with Crippen LogP contribution in [0.2, 0.25) is 0 Å². The number of nitrogens with two attached hydrogens (primary N) is 1. The molecule has 0 rings (SSSR count). The first-order valence-electron chi connectivity index (χ1n) is 4.63. The summed E-state index contributed by atoms with van der Waals surface area (Å²) in [5.74, 6) is 2.10. The normalized spacial score (nSPS) is 14.6. The van der Waals surface area contributed by atoms with Crippen molar-refractivity contribution in [2.45, 2.75) is 32.4 Å². The van der Waals surface area contributed by atoms with Gasteiger partial charge in [-0.05, 0) is 5.92 Å². The van der Waals surface area contributed by atoms with Gasteiger partial charge in [0.15, 0.2) is 0 Å². The summed E-state index contributed by atoms with van der Waals surface area (Å²) < 4.78 is 0. The largest absolute Gasteiger partial charge is 0.391 e. The van der Waals surface area contributed by atoms with E-state index in [1.807, 2.05) is 13.8 Å². The molecule has 0 bridgehead atoms. The van der Waals surface area contributed by atoms with Crippen molar-refractivity contribution in [3.8, 4) is 12.3 Å². The van der Waals surface area contributed by atoms with Crippen molar-refractivity contribution in [1.82, 2.24) is 5.32 Å². The predicted molar refractivity (Wildman–Crippen MR) is 55.3 cm³/mol. The molecule has 14 heavy (non-hydrogen) atoms. The van der Waals surface area contributed by atoms with Gasteiger partial charge in [-0.25, -0.2) is 0 Å². The van der Waals surface area contributed by atoms with Crippen LogP contribution < -0.4 is 11.1 Å².